The first-order chi connectivity index (χ1) is 15.3. The van der Waals surface area contributed by atoms with Crippen LogP contribution in [-0.4, -0.2) is 47.6 Å². The zero-order valence-corrected chi connectivity index (χ0v) is 19.0. The largest absolute Gasteiger partial charge is 0.462 e. The van der Waals surface area contributed by atoms with E-state index in [9.17, 15) is 24.5 Å². The highest BCUT2D eigenvalue weighted by Crippen LogP contribution is 2.38. The van der Waals surface area contributed by atoms with Gasteiger partial charge in [0.1, 0.15) is 5.00 Å². The molecule has 1 aliphatic rings. The number of nitrogens with zero attached hydrogens (tertiary/aromatic N) is 2. The highest BCUT2D eigenvalue weighted by molar-refractivity contribution is 7.17. The molecule has 0 saturated heterocycles. The summed E-state index contributed by atoms with van der Waals surface area (Å²) in [6.45, 7) is 4.53. The third-order valence-corrected chi connectivity index (χ3v) is 6.63. The van der Waals surface area contributed by atoms with Crippen molar-refractivity contribution in [2.24, 2.45) is 0 Å². The minimum atomic E-state index is -0.539. The summed E-state index contributed by atoms with van der Waals surface area (Å²) < 4.78 is 10.2. The number of amides is 2. The van der Waals surface area contributed by atoms with Crippen molar-refractivity contribution in [3.05, 3.63) is 49.2 Å². The van der Waals surface area contributed by atoms with Gasteiger partial charge in [-0.15, -0.1) is 11.3 Å². The van der Waals surface area contributed by atoms with Crippen molar-refractivity contribution in [3.8, 4) is 0 Å². The van der Waals surface area contributed by atoms with E-state index in [4.69, 9.17) is 9.47 Å². The molecule has 10 nitrogen and oxygen atoms in total. The first-order valence-electron chi connectivity index (χ1n) is 9.80. The maximum Gasteiger partial charge on any atom is 0.410 e. The molecular formula is C20H21N3O7S2. The molecule has 0 bridgehead atoms. The van der Waals surface area contributed by atoms with Crippen LogP contribution >= 0.6 is 22.7 Å². The number of carbonyl (C=O) groups excluding carboxylic acids is 3. The second-order valence-electron chi connectivity index (χ2n) is 6.55. The molecule has 0 saturated carbocycles. The smallest absolute Gasteiger partial charge is 0.410 e. The third-order valence-electron chi connectivity index (χ3n) is 4.49. The zero-order chi connectivity index (χ0) is 23.3. The Bertz CT molecular complexity index is 1070. The normalized spacial score (nSPS) is 13.0. The quantitative estimate of drug-likeness (QED) is 0.274. The van der Waals surface area contributed by atoms with E-state index in [0.717, 1.165) is 21.8 Å². The van der Waals surface area contributed by atoms with Crippen LogP contribution in [0.1, 0.15) is 39.5 Å². The summed E-state index contributed by atoms with van der Waals surface area (Å²) >= 11 is 2.16. The Kier molecular flexibility index (Phi) is 7.59. The van der Waals surface area contributed by atoms with E-state index < -0.39 is 22.9 Å². The van der Waals surface area contributed by atoms with E-state index in [1.807, 2.05) is 0 Å². The minimum absolute atomic E-state index is 0.0215. The molecule has 32 heavy (non-hydrogen) atoms. The maximum atomic E-state index is 12.6. The molecule has 0 atom stereocenters. The van der Waals surface area contributed by atoms with E-state index in [-0.39, 0.29) is 24.8 Å². The molecule has 0 aliphatic carbocycles. The van der Waals surface area contributed by atoms with Crippen LogP contribution in [0.25, 0.3) is 6.08 Å². The number of fused-ring (bicyclic) bond motifs is 1. The summed E-state index contributed by atoms with van der Waals surface area (Å²) in [6, 6.07) is 2.91. The second kappa shape index (κ2) is 10.4. The van der Waals surface area contributed by atoms with E-state index in [0.29, 0.717) is 28.4 Å². The molecule has 0 fully saturated rings. The standard InChI is InChI=1S/C20H21N3O7S2/c1-3-29-19(25)17-13-9-10-22(20(26)30-4-2)11-14(13)32-18(17)21-15(24)7-5-12-6-8-16(31-12)23(27)28/h5-8H,3-4,9-11H2,1-2H3,(H,21,24). The molecule has 3 rings (SSSR count). The summed E-state index contributed by atoms with van der Waals surface area (Å²) in [6.07, 6.45) is 2.72. The number of carbonyl (C=O) groups is 3. The van der Waals surface area contributed by atoms with Gasteiger partial charge in [0.2, 0.25) is 5.91 Å². The van der Waals surface area contributed by atoms with Gasteiger partial charge in [-0.05, 0) is 38.0 Å². The highest BCUT2D eigenvalue weighted by atomic mass is 32.1. The fourth-order valence-electron chi connectivity index (χ4n) is 3.12. The number of rotatable bonds is 7. The molecule has 2 aromatic rings. The van der Waals surface area contributed by atoms with Crippen molar-refractivity contribution in [1.82, 2.24) is 4.90 Å². The molecule has 1 N–H and O–H groups in total. The van der Waals surface area contributed by atoms with E-state index in [1.165, 1.54) is 29.6 Å². The number of thiophene rings is 2. The summed E-state index contributed by atoms with van der Waals surface area (Å²) in [5, 5.41) is 13.8. The average molecular weight is 480 g/mol. The lowest BCUT2D eigenvalue weighted by atomic mass is 10.0. The van der Waals surface area contributed by atoms with Crippen LogP contribution in [0.4, 0.5) is 14.8 Å². The SMILES string of the molecule is CCOC(=O)c1c(NC(=O)C=Cc2ccc([N+](=O)[O-])s2)sc2c1CCN(C(=O)OCC)C2. The number of nitro groups is 1. The van der Waals surface area contributed by atoms with Crippen molar-refractivity contribution in [3.63, 3.8) is 0 Å². The summed E-state index contributed by atoms with van der Waals surface area (Å²) in [5.41, 5.74) is 1.05. The fourth-order valence-corrected chi connectivity index (χ4v) is 5.10. The maximum absolute atomic E-state index is 12.6. The van der Waals surface area contributed by atoms with Crippen molar-refractivity contribution in [2.45, 2.75) is 26.8 Å². The van der Waals surface area contributed by atoms with Gasteiger partial charge in [-0.2, -0.15) is 0 Å². The number of esters is 1. The first-order valence-corrected chi connectivity index (χ1v) is 11.4. The Hall–Kier alpha value is -3.25. The molecule has 0 radical (unpaired) electrons. The van der Waals surface area contributed by atoms with Crippen molar-refractivity contribution in [2.75, 3.05) is 25.1 Å². The fraction of sp³-hybridized carbons (Fsp3) is 0.350. The van der Waals surface area contributed by atoms with Crippen LogP contribution in [0.5, 0.6) is 0 Å². The number of anilines is 1. The van der Waals surface area contributed by atoms with Crippen LogP contribution in [0, 0.1) is 10.1 Å². The molecule has 0 spiro atoms. The summed E-state index contributed by atoms with van der Waals surface area (Å²) in [5.74, 6) is -1.03. The Balaban J connectivity index is 1.81. The van der Waals surface area contributed by atoms with Crippen LogP contribution in [0.2, 0.25) is 0 Å². The number of hydrogen-bond donors (Lipinski definition) is 1. The zero-order valence-electron chi connectivity index (χ0n) is 17.4. The third kappa shape index (κ3) is 5.32. The second-order valence-corrected chi connectivity index (χ2v) is 8.75. The van der Waals surface area contributed by atoms with Crippen molar-refractivity contribution >= 4 is 56.7 Å². The lowest BCUT2D eigenvalue weighted by Crippen LogP contribution is -2.36. The molecular weight excluding hydrogens is 458 g/mol. The van der Waals surface area contributed by atoms with Gasteiger partial charge < -0.3 is 19.7 Å². The van der Waals surface area contributed by atoms with Gasteiger partial charge in [0.15, 0.2) is 0 Å². The average Bonchev–Trinajstić information content (AvgIpc) is 3.36. The van der Waals surface area contributed by atoms with Gasteiger partial charge in [-0.25, -0.2) is 9.59 Å². The van der Waals surface area contributed by atoms with Crippen LogP contribution < -0.4 is 5.32 Å². The summed E-state index contributed by atoms with van der Waals surface area (Å²) in [4.78, 5) is 50.3. The van der Waals surface area contributed by atoms with Crippen molar-refractivity contribution < 1.29 is 28.8 Å². The van der Waals surface area contributed by atoms with Gasteiger partial charge in [0.25, 0.3) is 0 Å². The Labute approximate surface area is 191 Å². The topological polar surface area (TPSA) is 128 Å². The van der Waals surface area contributed by atoms with E-state index in [2.05, 4.69) is 5.32 Å². The Morgan fingerprint density at radius 2 is 1.97 bits per heavy atom. The first kappa shape index (κ1) is 23.4. The lowest BCUT2D eigenvalue weighted by Gasteiger charge is -2.26. The molecule has 12 heteroatoms. The minimum Gasteiger partial charge on any atom is -0.462 e. The van der Waals surface area contributed by atoms with Gasteiger partial charge in [0.05, 0.1) is 30.2 Å². The highest BCUT2D eigenvalue weighted by Gasteiger charge is 2.31. The lowest BCUT2D eigenvalue weighted by molar-refractivity contribution is -0.380. The predicted octanol–water partition coefficient (Wildman–Crippen LogP) is 4.06. The monoisotopic (exact) mass is 479 g/mol. The van der Waals surface area contributed by atoms with Crippen LogP contribution in [0.15, 0.2) is 18.2 Å². The molecule has 3 heterocycles. The molecule has 170 valence electrons. The van der Waals surface area contributed by atoms with E-state index in [1.54, 1.807) is 24.8 Å². The molecule has 0 unspecified atom stereocenters. The summed E-state index contributed by atoms with van der Waals surface area (Å²) in [7, 11) is 0. The van der Waals surface area contributed by atoms with Gasteiger partial charge in [-0.3, -0.25) is 14.9 Å². The van der Waals surface area contributed by atoms with Crippen molar-refractivity contribution in [1.29, 1.82) is 0 Å². The number of hydrogen-bond acceptors (Lipinski definition) is 9. The number of nitrogens with one attached hydrogen (secondary N) is 1. The molecule has 1 aliphatic heterocycles. The Morgan fingerprint density at radius 3 is 2.62 bits per heavy atom. The Morgan fingerprint density at radius 1 is 1.22 bits per heavy atom. The molecule has 2 amide bonds. The van der Waals surface area contributed by atoms with Crippen LogP contribution in [-0.2, 0) is 27.2 Å². The number of ether oxygens (including phenoxy) is 2. The molecule has 0 aromatic carbocycles. The van der Waals surface area contributed by atoms with E-state index >= 15 is 0 Å². The van der Waals surface area contributed by atoms with Gasteiger partial charge in [-0.1, -0.05) is 11.3 Å². The van der Waals surface area contributed by atoms with Gasteiger partial charge in [0, 0.05) is 28.4 Å². The predicted molar refractivity (Wildman–Crippen MR) is 120 cm³/mol. The van der Waals surface area contributed by atoms with Gasteiger partial charge >= 0.3 is 17.1 Å². The molecule has 2 aromatic heterocycles. The van der Waals surface area contributed by atoms with Crippen LogP contribution in [0.3, 0.4) is 0 Å².